The third kappa shape index (κ3) is 5.45. The first-order valence-electron chi connectivity index (χ1n) is 7.48. The molecule has 0 atom stereocenters. The van der Waals surface area contributed by atoms with E-state index in [4.69, 9.17) is 5.73 Å². The highest BCUT2D eigenvalue weighted by Gasteiger charge is 2.12. The molecule has 0 fully saturated rings. The van der Waals surface area contributed by atoms with E-state index in [-0.39, 0.29) is 12.5 Å². The van der Waals surface area contributed by atoms with Gasteiger partial charge >= 0.3 is 0 Å². The summed E-state index contributed by atoms with van der Waals surface area (Å²) in [5.74, 6) is 0.431. The molecular weight excluding hydrogens is 264 g/mol. The number of nitrogens with two attached hydrogens (primary N) is 1. The van der Waals surface area contributed by atoms with Crippen molar-refractivity contribution in [1.82, 2.24) is 9.80 Å². The van der Waals surface area contributed by atoms with Gasteiger partial charge in [0.1, 0.15) is 6.54 Å². The van der Waals surface area contributed by atoms with Crippen molar-refractivity contribution < 1.29 is 4.79 Å². The minimum absolute atomic E-state index is 0.00328. The minimum atomic E-state index is -0.00328. The number of likely N-dealkylation sites (N-methyl/N-ethyl adjacent to an activating group) is 1. The molecule has 116 valence electrons. The summed E-state index contributed by atoms with van der Waals surface area (Å²) >= 11 is 0. The molecule has 1 rings (SSSR count). The van der Waals surface area contributed by atoms with Crippen molar-refractivity contribution in [2.45, 2.75) is 27.3 Å². The average molecular weight is 290 g/mol. The van der Waals surface area contributed by atoms with Gasteiger partial charge in [-0.1, -0.05) is 30.3 Å². The van der Waals surface area contributed by atoms with Crippen molar-refractivity contribution in [2.24, 2.45) is 10.7 Å². The maximum atomic E-state index is 12.2. The van der Waals surface area contributed by atoms with Gasteiger partial charge < -0.3 is 15.5 Å². The van der Waals surface area contributed by atoms with Gasteiger partial charge in [-0.3, -0.25) is 4.79 Å². The number of guanidine groups is 1. The highest BCUT2D eigenvalue weighted by molar-refractivity contribution is 5.84. The number of hydrogen-bond donors (Lipinski definition) is 1. The van der Waals surface area contributed by atoms with Gasteiger partial charge in [0.2, 0.25) is 5.91 Å². The lowest BCUT2D eigenvalue weighted by molar-refractivity contribution is -0.130. The number of benzene rings is 1. The van der Waals surface area contributed by atoms with Gasteiger partial charge in [0, 0.05) is 26.2 Å². The lowest BCUT2D eigenvalue weighted by Gasteiger charge is -2.22. The van der Waals surface area contributed by atoms with Crippen LogP contribution in [0.25, 0.3) is 0 Å². The van der Waals surface area contributed by atoms with Gasteiger partial charge in [0.05, 0.1) is 0 Å². The molecule has 1 aromatic carbocycles. The standard InChI is InChI=1S/C16H26N4O/c1-4-19(5-2)16(17)18-12-15(21)20(6-3)13-14-10-8-7-9-11-14/h7-11H,4-6,12-13H2,1-3H3,(H2,17,18). The highest BCUT2D eigenvalue weighted by atomic mass is 16.2. The van der Waals surface area contributed by atoms with Gasteiger partial charge in [-0.2, -0.15) is 0 Å². The summed E-state index contributed by atoms with van der Waals surface area (Å²) < 4.78 is 0. The molecular formula is C16H26N4O. The molecule has 2 N–H and O–H groups in total. The van der Waals surface area contributed by atoms with Crippen molar-refractivity contribution in [2.75, 3.05) is 26.2 Å². The van der Waals surface area contributed by atoms with Crippen molar-refractivity contribution in [3.05, 3.63) is 35.9 Å². The third-order valence-corrected chi connectivity index (χ3v) is 3.41. The summed E-state index contributed by atoms with van der Waals surface area (Å²) in [6.45, 7) is 8.96. The van der Waals surface area contributed by atoms with Crippen LogP contribution in [0.4, 0.5) is 0 Å². The molecule has 0 bridgehead atoms. The predicted octanol–water partition coefficient (Wildman–Crippen LogP) is 1.69. The normalized spacial score (nSPS) is 11.3. The predicted molar refractivity (Wildman–Crippen MR) is 86.9 cm³/mol. The molecule has 0 aliphatic carbocycles. The molecule has 1 amide bonds. The first kappa shape index (κ1) is 17.0. The number of nitrogens with zero attached hydrogens (tertiary/aromatic N) is 3. The second-order valence-electron chi connectivity index (χ2n) is 4.74. The lowest BCUT2D eigenvalue weighted by Crippen LogP contribution is -2.38. The van der Waals surface area contributed by atoms with Gasteiger partial charge in [-0.05, 0) is 26.3 Å². The van der Waals surface area contributed by atoms with Crippen LogP contribution in [0.5, 0.6) is 0 Å². The molecule has 0 spiro atoms. The monoisotopic (exact) mass is 290 g/mol. The summed E-state index contributed by atoms with van der Waals surface area (Å²) in [4.78, 5) is 20.2. The van der Waals surface area contributed by atoms with Crippen LogP contribution >= 0.6 is 0 Å². The van der Waals surface area contributed by atoms with E-state index in [1.54, 1.807) is 4.90 Å². The summed E-state index contributed by atoms with van der Waals surface area (Å²) in [5.41, 5.74) is 7.01. The zero-order valence-corrected chi connectivity index (χ0v) is 13.2. The molecule has 0 unspecified atom stereocenters. The molecule has 5 heteroatoms. The maximum Gasteiger partial charge on any atom is 0.244 e. The van der Waals surface area contributed by atoms with E-state index in [0.29, 0.717) is 19.0 Å². The molecule has 0 radical (unpaired) electrons. The fraction of sp³-hybridized carbons (Fsp3) is 0.500. The molecule has 0 aromatic heterocycles. The van der Waals surface area contributed by atoms with E-state index in [2.05, 4.69) is 4.99 Å². The largest absolute Gasteiger partial charge is 0.370 e. The lowest BCUT2D eigenvalue weighted by atomic mass is 10.2. The number of hydrogen-bond acceptors (Lipinski definition) is 2. The topological polar surface area (TPSA) is 61.9 Å². The molecule has 21 heavy (non-hydrogen) atoms. The third-order valence-electron chi connectivity index (χ3n) is 3.41. The number of rotatable bonds is 7. The Morgan fingerprint density at radius 3 is 2.14 bits per heavy atom. The zero-order valence-electron chi connectivity index (χ0n) is 13.2. The summed E-state index contributed by atoms with van der Waals surface area (Å²) in [6, 6.07) is 9.96. The van der Waals surface area contributed by atoms with E-state index in [9.17, 15) is 4.79 Å². The quantitative estimate of drug-likeness (QED) is 0.614. The van der Waals surface area contributed by atoms with Crippen molar-refractivity contribution in [3.8, 4) is 0 Å². The smallest absolute Gasteiger partial charge is 0.244 e. The van der Waals surface area contributed by atoms with E-state index >= 15 is 0 Å². The van der Waals surface area contributed by atoms with Crippen LogP contribution < -0.4 is 5.73 Å². The fourth-order valence-electron chi connectivity index (χ4n) is 2.08. The van der Waals surface area contributed by atoms with Crippen LogP contribution in [-0.4, -0.2) is 47.8 Å². The van der Waals surface area contributed by atoms with Gasteiger partial charge in [-0.25, -0.2) is 4.99 Å². The molecule has 1 aromatic rings. The number of amides is 1. The van der Waals surface area contributed by atoms with Gasteiger partial charge in [0.15, 0.2) is 5.96 Å². The highest BCUT2D eigenvalue weighted by Crippen LogP contribution is 2.04. The Morgan fingerprint density at radius 2 is 1.62 bits per heavy atom. The van der Waals surface area contributed by atoms with Gasteiger partial charge in [-0.15, -0.1) is 0 Å². The molecule has 0 aliphatic rings. The second-order valence-corrected chi connectivity index (χ2v) is 4.74. The van der Waals surface area contributed by atoms with E-state index < -0.39 is 0 Å². The molecule has 5 nitrogen and oxygen atoms in total. The Labute approximate surface area is 127 Å². The van der Waals surface area contributed by atoms with Crippen molar-refractivity contribution in [3.63, 3.8) is 0 Å². The second kappa shape index (κ2) is 9.00. The van der Waals surface area contributed by atoms with Crippen LogP contribution in [0.15, 0.2) is 35.3 Å². The number of carbonyl (C=O) groups is 1. The molecule has 0 heterocycles. The minimum Gasteiger partial charge on any atom is -0.370 e. The molecule has 0 saturated heterocycles. The molecule has 0 aliphatic heterocycles. The van der Waals surface area contributed by atoms with E-state index in [1.807, 2.05) is 56.0 Å². The van der Waals surface area contributed by atoms with E-state index in [0.717, 1.165) is 18.7 Å². The van der Waals surface area contributed by atoms with E-state index in [1.165, 1.54) is 0 Å². The fourth-order valence-corrected chi connectivity index (χ4v) is 2.08. The van der Waals surface area contributed by atoms with Crippen LogP contribution in [0, 0.1) is 0 Å². The summed E-state index contributed by atoms with van der Waals surface area (Å²) in [5, 5.41) is 0. The zero-order chi connectivity index (χ0) is 15.7. The number of aliphatic imine (C=N–C) groups is 1. The Morgan fingerprint density at radius 1 is 1.05 bits per heavy atom. The maximum absolute atomic E-state index is 12.2. The Hall–Kier alpha value is -2.04. The van der Waals surface area contributed by atoms with Gasteiger partial charge in [0.25, 0.3) is 0 Å². The molecule has 0 saturated carbocycles. The van der Waals surface area contributed by atoms with Crippen molar-refractivity contribution >= 4 is 11.9 Å². The summed E-state index contributed by atoms with van der Waals surface area (Å²) in [6.07, 6.45) is 0. The summed E-state index contributed by atoms with van der Waals surface area (Å²) in [7, 11) is 0. The van der Waals surface area contributed by atoms with Crippen LogP contribution in [0.1, 0.15) is 26.3 Å². The average Bonchev–Trinajstić information content (AvgIpc) is 2.52. The SMILES string of the molecule is CCN(Cc1ccccc1)C(=O)CN=C(N)N(CC)CC. The van der Waals surface area contributed by atoms with Crippen LogP contribution in [0.3, 0.4) is 0 Å². The first-order chi connectivity index (χ1) is 10.1. The van der Waals surface area contributed by atoms with Crippen LogP contribution in [0.2, 0.25) is 0 Å². The first-order valence-corrected chi connectivity index (χ1v) is 7.48. The van der Waals surface area contributed by atoms with Crippen LogP contribution in [-0.2, 0) is 11.3 Å². The van der Waals surface area contributed by atoms with Crippen molar-refractivity contribution in [1.29, 1.82) is 0 Å². The Balaban J connectivity index is 2.61. The Kier molecular flexibility index (Phi) is 7.29. The number of carbonyl (C=O) groups excluding carboxylic acids is 1. The Bertz CT molecular complexity index is 455.